The van der Waals surface area contributed by atoms with Crippen molar-refractivity contribution in [3.63, 3.8) is 0 Å². The second-order valence-electron chi connectivity index (χ2n) is 12.0. The fraction of sp³-hybridized carbons (Fsp3) is 0.343. The lowest BCUT2D eigenvalue weighted by atomic mass is 10.0. The summed E-state index contributed by atoms with van der Waals surface area (Å²) in [6, 6.07) is 25.9. The monoisotopic (exact) mass is 618 g/mol. The second kappa shape index (κ2) is 12.2. The minimum atomic E-state index is -1.31. The molecule has 1 amide bonds. The van der Waals surface area contributed by atoms with Crippen LogP contribution in [0.4, 0.5) is 16.3 Å². The lowest BCUT2D eigenvalue weighted by Crippen LogP contribution is -2.55. The van der Waals surface area contributed by atoms with Gasteiger partial charge in [-0.15, -0.1) is 0 Å². The van der Waals surface area contributed by atoms with Crippen molar-refractivity contribution in [1.29, 1.82) is 5.26 Å². The third-order valence-electron chi connectivity index (χ3n) is 9.06. The molecule has 0 unspecified atom stereocenters. The van der Waals surface area contributed by atoms with Gasteiger partial charge in [-0.2, -0.15) is 15.2 Å². The molecule has 4 aromatic rings. The van der Waals surface area contributed by atoms with E-state index in [0.717, 1.165) is 39.8 Å². The van der Waals surface area contributed by atoms with Crippen molar-refractivity contribution in [1.82, 2.24) is 14.9 Å². The zero-order valence-corrected chi connectivity index (χ0v) is 25.3. The van der Waals surface area contributed by atoms with Gasteiger partial charge in [-0.25, -0.2) is 9.59 Å². The molecule has 1 N–H and O–H groups in total. The van der Waals surface area contributed by atoms with E-state index >= 15 is 0 Å². The molecule has 7 rings (SSSR count). The molecule has 11 heteroatoms. The number of carbonyl (C=O) groups excluding carboxylic acids is 1. The maximum absolute atomic E-state index is 13.1. The molecule has 1 aliphatic carbocycles. The van der Waals surface area contributed by atoms with Crippen molar-refractivity contribution >= 4 is 34.3 Å². The zero-order valence-electron chi connectivity index (χ0n) is 25.3. The van der Waals surface area contributed by atoms with Crippen molar-refractivity contribution < 1.29 is 24.2 Å². The Hall–Kier alpha value is -5.37. The molecule has 3 aromatic carbocycles. The van der Waals surface area contributed by atoms with Crippen LogP contribution in [0.5, 0.6) is 6.01 Å². The number of carbonyl (C=O) groups is 2. The number of amides is 1. The summed E-state index contributed by atoms with van der Waals surface area (Å²) in [5, 5.41) is 21.8. The van der Waals surface area contributed by atoms with E-state index in [-0.39, 0.29) is 19.0 Å². The minimum absolute atomic E-state index is 0.0370. The molecular weight excluding hydrogens is 584 g/mol. The smallest absolute Gasteiger partial charge is 0.410 e. The molecule has 1 saturated heterocycles. The van der Waals surface area contributed by atoms with E-state index in [0.29, 0.717) is 51.3 Å². The van der Waals surface area contributed by atoms with Crippen LogP contribution in [0.15, 0.2) is 72.8 Å². The number of nitriles is 1. The van der Waals surface area contributed by atoms with E-state index in [1.165, 1.54) is 0 Å². The van der Waals surface area contributed by atoms with Gasteiger partial charge in [0.2, 0.25) is 5.60 Å². The summed E-state index contributed by atoms with van der Waals surface area (Å²) in [7, 11) is 0. The quantitative estimate of drug-likeness (QED) is 0.290. The van der Waals surface area contributed by atoms with Gasteiger partial charge in [-0.05, 0) is 23.4 Å². The Labute approximate surface area is 266 Å². The number of anilines is 2. The Kier molecular flexibility index (Phi) is 7.78. The van der Waals surface area contributed by atoms with Crippen LogP contribution in [0.25, 0.3) is 10.8 Å². The maximum atomic E-state index is 13.1. The van der Waals surface area contributed by atoms with Gasteiger partial charge in [0.15, 0.2) is 0 Å². The van der Waals surface area contributed by atoms with Gasteiger partial charge in [0.25, 0.3) is 0 Å². The number of aromatic nitrogens is 2. The van der Waals surface area contributed by atoms with Crippen LogP contribution in [-0.2, 0) is 29.1 Å². The highest BCUT2D eigenvalue weighted by atomic mass is 16.6. The molecule has 0 radical (unpaired) electrons. The Balaban J connectivity index is 1.17. The highest BCUT2D eigenvalue weighted by molar-refractivity contribution is 5.94. The molecule has 3 aliphatic rings. The number of piperazine rings is 1. The minimum Gasteiger partial charge on any atom is -0.478 e. The molecule has 1 atom stereocenters. The lowest BCUT2D eigenvalue weighted by Gasteiger charge is -2.42. The van der Waals surface area contributed by atoms with Gasteiger partial charge in [0.05, 0.1) is 30.8 Å². The van der Waals surface area contributed by atoms with E-state index in [1.807, 2.05) is 42.5 Å². The van der Waals surface area contributed by atoms with Crippen molar-refractivity contribution in [3.8, 4) is 12.1 Å². The maximum Gasteiger partial charge on any atom is 0.410 e. The number of benzene rings is 3. The van der Waals surface area contributed by atoms with E-state index in [4.69, 9.17) is 19.4 Å². The van der Waals surface area contributed by atoms with E-state index in [2.05, 4.69) is 46.2 Å². The van der Waals surface area contributed by atoms with Gasteiger partial charge in [0, 0.05) is 55.7 Å². The summed E-state index contributed by atoms with van der Waals surface area (Å²) in [5.74, 6) is -0.358. The third-order valence-corrected chi connectivity index (χ3v) is 9.06. The van der Waals surface area contributed by atoms with Crippen LogP contribution >= 0.6 is 0 Å². The van der Waals surface area contributed by atoms with Gasteiger partial charge in [0.1, 0.15) is 12.4 Å². The predicted octanol–water partition coefficient (Wildman–Crippen LogP) is 4.93. The first kappa shape index (κ1) is 29.3. The molecule has 11 nitrogen and oxygen atoms in total. The molecule has 1 aromatic heterocycles. The number of nitrogens with zero attached hydrogens (tertiary/aromatic N) is 6. The summed E-state index contributed by atoms with van der Waals surface area (Å²) < 4.78 is 11.6. The standard InChI is InChI=1S/C35H34N6O5/c36-17-13-26-21-40(19-20-41(26)34(44)45-23-24-7-2-1-3-8-24)31-28-14-18-39(30-12-6-10-25-9-4-5-11-27(25)30)22-29(28)37-33(38-31)46-35(15-16-35)32(42)43/h1-12,26H,13-16,18-23H2,(H,42,43)/t26-/m0/s1. The van der Waals surface area contributed by atoms with Crippen molar-refractivity contribution in [2.24, 2.45) is 0 Å². The Morgan fingerprint density at radius 2 is 1.74 bits per heavy atom. The van der Waals surface area contributed by atoms with E-state index in [1.54, 1.807) is 4.90 Å². The van der Waals surface area contributed by atoms with E-state index in [9.17, 15) is 20.0 Å². The van der Waals surface area contributed by atoms with Gasteiger partial charge >= 0.3 is 18.1 Å². The first-order valence-electron chi connectivity index (χ1n) is 15.6. The van der Waals surface area contributed by atoms with Crippen LogP contribution in [0.1, 0.15) is 36.1 Å². The molecule has 2 aliphatic heterocycles. The number of hydrogen-bond acceptors (Lipinski definition) is 9. The highest BCUT2D eigenvalue weighted by Crippen LogP contribution is 2.41. The second-order valence-corrected chi connectivity index (χ2v) is 12.0. The molecule has 0 spiro atoms. The number of carboxylic acid groups (broad SMARTS) is 1. The summed E-state index contributed by atoms with van der Waals surface area (Å²) in [4.78, 5) is 40.7. The number of fused-ring (bicyclic) bond motifs is 2. The van der Waals surface area contributed by atoms with Gasteiger partial charge in [-0.3, -0.25) is 0 Å². The van der Waals surface area contributed by atoms with Crippen LogP contribution < -0.4 is 14.5 Å². The molecule has 2 fully saturated rings. The van der Waals surface area contributed by atoms with Crippen molar-refractivity contribution in [2.45, 2.75) is 50.5 Å². The fourth-order valence-corrected chi connectivity index (χ4v) is 6.40. The zero-order chi connectivity index (χ0) is 31.7. The summed E-state index contributed by atoms with van der Waals surface area (Å²) in [5.41, 5.74) is 2.44. The van der Waals surface area contributed by atoms with Crippen molar-refractivity contribution in [3.05, 3.63) is 89.6 Å². The molecule has 234 valence electrons. The number of rotatable bonds is 8. The van der Waals surface area contributed by atoms with Crippen LogP contribution in [0, 0.1) is 11.3 Å². The Morgan fingerprint density at radius 1 is 0.957 bits per heavy atom. The average Bonchev–Trinajstić information content (AvgIpc) is 3.87. The molecule has 46 heavy (non-hydrogen) atoms. The summed E-state index contributed by atoms with van der Waals surface area (Å²) in [6.07, 6.45) is 1.13. The van der Waals surface area contributed by atoms with Crippen LogP contribution in [-0.4, -0.2) is 69.9 Å². The largest absolute Gasteiger partial charge is 0.478 e. The predicted molar refractivity (Wildman–Crippen MR) is 171 cm³/mol. The topological polar surface area (TPSA) is 132 Å². The van der Waals surface area contributed by atoms with Crippen LogP contribution in [0.3, 0.4) is 0 Å². The third kappa shape index (κ3) is 5.74. The number of hydrogen-bond donors (Lipinski definition) is 1. The number of aliphatic carboxylic acids is 1. The average molecular weight is 619 g/mol. The Bertz CT molecular complexity index is 1820. The highest BCUT2D eigenvalue weighted by Gasteiger charge is 2.54. The summed E-state index contributed by atoms with van der Waals surface area (Å²) >= 11 is 0. The Morgan fingerprint density at radius 3 is 2.52 bits per heavy atom. The van der Waals surface area contributed by atoms with E-state index < -0.39 is 23.7 Å². The fourth-order valence-electron chi connectivity index (χ4n) is 6.40. The summed E-state index contributed by atoms with van der Waals surface area (Å²) in [6.45, 7) is 2.57. The van der Waals surface area contributed by atoms with Crippen LogP contribution in [0.2, 0.25) is 0 Å². The number of ether oxygens (including phenoxy) is 2. The van der Waals surface area contributed by atoms with Gasteiger partial charge in [-0.1, -0.05) is 66.7 Å². The molecule has 1 saturated carbocycles. The first-order valence-corrected chi connectivity index (χ1v) is 15.6. The lowest BCUT2D eigenvalue weighted by molar-refractivity contribution is -0.147. The molecule has 3 heterocycles. The molecular formula is C35H34N6O5. The van der Waals surface area contributed by atoms with Gasteiger partial charge < -0.3 is 29.3 Å². The normalized spacial score (nSPS) is 18.4. The first-order chi connectivity index (χ1) is 22.4. The number of carboxylic acids is 1. The van der Waals surface area contributed by atoms with Crippen molar-refractivity contribution in [2.75, 3.05) is 36.0 Å². The SMILES string of the molecule is N#CC[C@H]1CN(c2nc(OC3(C(=O)O)CC3)nc3c2CCN(c2cccc4ccccc24)C3)CCN1C(=O)OCc1ccccc1. The molecule has 0 bridgehead atoms.